The van der Waals surface area contributed by atoms with Gasteiger partial charge in [0.2, 0.25) is 0 Å². The third-order valence-electron chi connectivity index (χ3n) is 3.27. The zero-order valence-corrected chi connectivity index (χ0v) is 13.6. The molecule has 0 aliphatic heterocycles. The molecule has 0 saturated carbocycles. The van der Waals surface area contributed by atoms with E-state index in [-0.39, 0.29) is 10.6 Å². The van der Waals surface area contributed by atoms with E-state index in [9.17, 15) is 10.1 Å². The second-order valence-electron chi connectivity index (χ2n) is 5.14. The van der Waals surface area contributed by atoms with Gasteiger partial charge < -0.3 is 5.32 Å². The van der Waals surface area contributed by atoms with E-state index in [1.165, 1.54) is 5.56 Å². The summed E-state index contributed by atoms with van der Waals surface area (Å²) in [7, 11) is 0. The fourth-order valence-electron chi connectivity index (χ4n) is 2.17. The van der Waals surface area contributed by atoms with Gasteiger partial charge in [0.1, 0.15) is 0 Å². The highest BCUT2D eigenvalue weighted by molar-refractivity contribution is 9.10. The van der Waals surface area contributed by atoms with Crippen molar-refractivity contribution in [2.24, 2.45) is 0 Å². The minimum absolute atomic E-state index is 0.0893. The van der Waals surface area contributed by atoms with Gasteiger partial charge in [-0.25, -0.2) is 0 Å². The Labute approximate surface area is 132 Å². The van der Waals surface area contributed by atoms with E-state index in [0.717, 1.165) is 11.3 Å². The van der Waals surface area contributed by atoms with Crippen LogP contribution in [0.3, 0.4) is 0 Å². The molecule has 4 nitrogen and oxygen atoms in total. The molecule has 2 aromatic rings. The standard InChI is InChI=1S/C16H17BrN2O2/c1-11(2)13-5-3-4-6-15(13)18-10-12-7-8-14(17)16(9-12)19(20)21/h3-9,11,18H,10H2,1-2H3. The van der Waals surface area contributed by atoms with Crippen LogP contribution in [-0.2, 0) is 6.54 Å². The zero-order valence-electron chi connectivity index (χ0n) is 12.0. The Morgan fingerprint density at radius 3 is 2.62 bits per heavy atom. The van der Waals surface area contributed by atoms with Gasteiger partial charge in [-0.05, 0) is 45.1 Å². The number of benzene rings is 2. The minimum atomic E-state index is -0.379. The van der Waals surface area contributed by atoms with Crippen LogP contribution < -0.4 is 5.32 Å². The van der Waals surface area contributed by atoms with Crippen LogP contribution in [0.5, 0.6) is 0 Å². The highest BCUT2D eigenvalue weighted by atomic mass is 79.9. The third kappa shape index (κ3) is 3.82. The van der Waals surface area contributed by atoms with E-state index in [0.29, 0.717) is 16.9 Å². The fourth-order valence-corrected chi connectivity index (χ4v) is 2.56. The second kappa shape index (κ2) is 6.72. The predicted molar refractivity (Wildman–Crippen MR) is 88.7 cm³/mol. The van der Waals surface area contributed by atoms with Crippen molar-refractivity contribution in [3.63, 3.8) is 0 Å². The van der Waals surface area contributed by atoms with Crippen molar-refractivity contribution in [3.8, 4) is 0 Å². The van der Waals surface area contributed by atoms with Crippen LogP contribution in [0.4, 0.5) is 11.4 Å². The molecule has 0 aromatic heterocycles. The molecule has 2 rings (SSSR count). The lowest BCUT2D eigenvalue weighted by atomic mass is 10.0. The SMILES string of the molecule is CC(C)c1ccccc1NCc1ccc(Br)c([N+](=O)[O-])c1. The molecule has 0 amide bonds. The molecule has 0 spiro atoms. The summed E-state index contributed by atoms with van der Waals surface area (Å²) in [5.74, 6) is 0.424. The lowest BCUT2D eigenvalue weighted by molar-refractivity contribution is -0.385. The van der Waals surface area contributed by atoms with Gasteiger partial charge in [-0.1, -0.05) is 38.1 Å². The van der Waals surface area contributed by atoms with Crippen LogP contribution in [0.25, 0.3) is 0 Å². The molecule has 0 radical (unpaired) electrons. The Balaban J connectivity index is 2.17. The van der Waals surface area contributed by atoms with Crippen molar-refractivity contribution in [1.82, 2.24) is 0 Å². The maximum absolute atomic E-state index is 10.9. The summed E-state index contributed by atoms with van der Waals surface area (Å²) < 4.78 is 0.499. The molecule has 0 aliphatic carbocycles. The normalized spacial score (nSPS) is 10.7. The van der Waals surface area contributed by atoms with Gasteiger partial charge in [0.05, 0.1) is 9.40 Å². The number of nitro groups is 1. The molecular formula is C16H17BrN2O2. The van der Waals surface area contributed by atoms with Crippen molar-refractivity contribution >= 4 is 27.3 Å². The number of halogens is 1. The quantitative estimate of drug-likeness (QED) is 0.604. The average Bonchev–Trinajstić information content (AvgIpc) is 2.46. The van der Waals surface area contributed by atoms with Crippen LogP contribution in [0.1, 0.15) is 30.9 Å². The second-order valence-corrected chi connectivity index (χ2v) is 5.99. The van der Waals surface area contributed by atoms with E-state index >= 15 is 0 Å². The summed E-state index contributed by atoms with van der Waals surface area (Å²) in [4.78, 5) is 10.6. The Kier molecular flexibility index (Phi) is 4.96. The van der Waals surface area contributed by atoms with Gasteiger partial charge in [-0.15, -0.1) is 0 Å². The summed E-state index contributed by atoms with van der Waals surface area (Å²) >= 11 is 3.20. The minimum Gasteiger partial charge on any atom is -0.381 e. The van der Waals surface area contributed by atoms with E-state index in [1.807, 2.05) is 24.3 Å². The molecular weight excluding hydrogens is 332 g/mol. The lowest BCUT2D eigenvalue weighted by Gasteiger charge is -2.14. The van der Waals surface area contributed by atoms with Crippen LogP contribution in [0, 0.1) is 10.1 Å². The summed E-state index contributed by atoms with van der Waals surface area (Å²) in [6.07, 6.45) is 0. The van der Waals surface area contributed by atoms with Gasteiger partial charge >= 0.3 is 0 Å². The number of nitro benzene ring substituents is 1. The van der Waals surface area contributed by atoms with Crippen LogP contribution >= 0.6 is 15.9 Å². The maximum Gasteiger partial charge on any atom is 0.283 e. The van der Waals surface area contributed by atoms with Gasteiger partial charge in [-0.2, -0.15) is 0 Å². The fraction of sp³-hybridized carbons (Fsp3) is 0.250. The number of rotatable bonds is 5. The number of nitrogens with zero attached hydrogens (tertiary/aromatic N) is 1. The molecule has 2 aromatic carbocycles. The number of hydrogen-bond donors (Lipinski definition) is 1. The van der Waals surface area contributed by atoms with Crippen molar-refractivity contribution < 1.29 is 4.92 Å². The molecule has 0 aliphatic rings. The van der Waals surface area contributed by atoms with Crippen LogP contribution in [0.2, 0.25) is 0 Å². The van der Waals surface area contributed by atoms with Gasteiger partial charge in [-0.3, -0.25) is 10.1 Å². The molecule has 0 bridgehead atoms. The van der Waals surface area contributed by atoms with Crippen molar-refractivity contribution in [2.75, 3.05) is 5.32 Å². The predicted octanol–water partition coefficient (Wildman–Crippen LogP) is 5.09. The van der Waals surface area contributed by atoms with Crippen LogP contribution in [-0.4, -0.2) is 4.92 Å². The van der Waals surface area contributed by atoms with E-state index in [1.54, 1.807) is 12.1 Å². The van der Waals surface area contributed by atoms with E-state index < -0.39 is 0 Å². The first kappa shape index (κ1) is 15.5. The van der Waals surface area contributed by atoms with Crippen molar-refractivity contribution in [2.45, 2.75) is 26.3 Å². The third-order valence-corrected chi connectivity index (χ3v) is 3.94. The zero-order chi connectivity index (χ0) is 15.4. The smallest absolute Gasteiger partial charge is 0.283 e. The topological polar surface area (TPSA) is 55.2 Å². The Morgan fingerprint density at radius 1 is 1.24 bits per heavy atom. The van der Waals surface area contributed by atoms with E-state index in [2.05, 4.69) is 41.2 Å². The number of nitrogens with one attached hydrogen (secondary N) is 1. The summed E-state index contributed by atoms with van der Waals surface area (Å²) in [5, 5.41) is 14.3. The largest absolute Gasteiger partial charge is 0.381 e. The molecule has 5 heteroatoms. The van der Waals surface area contributed by atoms with Crippen molar-refractivity contribution in [3.05, 3.63) is 68.2 Å². The maximum atomic E-state index is 10.9. The molecule has 0 atom stereocenters. The van der Waals surface area contributed by atoms with Crippen LogP contribution in [0.15, 0.2) is 46.9 Å². The van der Waals surface area contributed by atoms with E-state index in [4.69, 9.17) is 0 Å². The first-order chi connectivity index (χ1) is 9.99. The highest BCUT2D eigenvalue weighted by Crippen LogP contribution is 2.27. The van der Waals surface area contributed by atoms with Gasteiger partial charge in [0, 0.05) is 18.3 Å². The summed E-state index contributed by atoms with van der Waals surface area (Å²) in [6, 6.07) is 13.3. The first-order valence-electron chi connectivity index (χ1n) is 6.74. The molecule has 0 unspecified atom stereocenters. The monoisotopic (exact) mass is 348 g/mol. The number of hydrogen-bond acceptors (Lipinski definition) is 3. The Bertz CT molecular complexity index is 656. The molecule has 21 heavy (non-hydrogen) atoms. The lowest BCUT2D eigenvalue weighted by Crippen LogP contribution is -2.04. The highest BCUT2D eigenvalue weighted by Gasteiger charge is 2.12. The van der Waals surface area contributed by atoms with Gasteiger partial charge in [0.25, 0.3) is 5.69 Å². The van der Waals surface area contributed by atoms with Gasteiger partial charge in [0.15, 0.2) is 0 Å². The Hall–Kier alpha value is -1.88. The Morgan fingerprint density at radius 2 is 1.95 bits per heavy atom. The average molecular weight is 349 g/mol. The molecule has 0 fully saturated rings. The molecule has 1 N–H and O–H groups in total. The summed E-state index contributed by atoms with van der Waals surface area (Å²) in [5.41, 5.74) is 3.28. The molecule has 0 saturated heterocycles. The first-order valence-corrected chi connectivity index (χ1v) is 7.54. The van der Waals surface area contributed by atoms with Crippen molar-refractivity contribution in [1.29, 1.82) is 0 Å². The molecule has 110 valence electrons. The summed E-state index contributed by atoms with van der Waals surface area (Å²) in [6.45, 7) is 4.84. The number of anilines is 1. The number of para-hydroxylation sites is 1. The molecule has 0 heterocycles.